The number of benzene rings is 1. The summed E-state index contributed by atoms with van der Waals surface area (Å²) in [5, 5.41) is 0.228. The van der Waals surface area contributed by atoms with E-state index in [4.69, 9.17) is 4.74 Å². The third kappa shape index (κ3) is 5.17. The van der Waals surface area contributed by atoms with E-state index < -0.39 is 15.6 Å². The van der Waals surface area contributed by atoms with Crippen LogP contribution in [-0.2, 0) is 10.1 Å². The number of hydrogen-bond acceptors (Lipinski definition) is 5. The van der Waals surface area contributed by atoms with Crippen LogP contribution in [0.3, 0.4) is 0 Å². The van der Waals surface area contributed by atoms with Crippen molar-refractivity contribution in [3.8, 4) is 11.5 Å². The van der Waals surface area contributed by atoms with Gasteiger partial charge >= 0.3 is 15.6 Å². The molecule has 1 aliphatic heterocycles. The Kier molecular flexibility index (Phi) is 7.20. The number of alkyl halides is 3. The Morgan fingerprint density at radius 3 is 2.58 bits per heavy atom. The minimum atomic E-state index is -5.82. The van der Waals surface area contributed by atoms with E-state index in [0.29, 0.717) is 30.8 Å². The number of H-pyrrole nitrogens is 1. The van der Waals surface area contributed by atoms with Crippen molar-refractivity contribution < 1.29 is 30.5 Å². The molecule has 0 amide bonds. The van der Waals surface area contributed by atoms with E-state index >= 15 is 0 Å². The molecule has 0 atom stereocenters. The molecule has 0 unspecified atom stereocenters. The molecular formula is C21H27F3N2O4S. The summed E-state index contributed by atoms with van der Waals surface area (Å²) in [4.78, 5) is 5.32. The van der Waals surface area contributed by atoms with Gasteiger partial charge in [0.15, 0.2) is 5.75 Å². The summed E-state index contributed by atoms with van der Waals surface area (Å²) in [5.41, 5.74) is -4.15. The predicted octanol–water partition coefficient (Wildman–Crippen LogP) is 5.07. The number of rotatable bonds is 9. The lowest BCUT2D eigenvalue weighted by molar-refractivity contribution is -0.0499. The zero-order valence-corrected chi connectivity index (χ0v) is 18.4. The molecule has 0 aliphatic carbocycles. The molecule has 0 bridgehead atoms. The highest BCUT2D eigenvalue weighted by Crippen LogP contribution is 2.42. The highest BCUT2D eigenvalue weighted by Gasteiger charge is 2.49. The molecule has 1 N–H and O–H groups in total. The van der Waals surface area contributed by atoms with Crippen molar-refractivity contribution in [2.75, 3.05) is 26.2 Å². The molecule has 0 radical (unpaired) electrons. The Hall–Kier alpha value is -2.20. The summed E-state index contributed by atoms with van der Waals surface area (Å²) in [6.07, 6.45) is 5.34. The highest BCUT2D eigenvalue weighted by molar-refractivity contribution is 7.88. The standard InChI is InChI=1S/C21H27F3N2O4S/c1-3-5-11-26-12-9-15(10-13-26)18-20(30-31(27,28)21(22,23)24)16-7-6-8-17(19(16)25-18)29-14-4-2/h6-9,25H,3-5,10-14H2,1-2H3. The summed E-state index contributed by atoms with van der Waals surface area (Å²) in [6, 6.07) is 4.80. The molecule has 6 nitrogen and oxygen atoms in total. The van der Waals surface area contributed by atoms with Crippen LogP contribution in [0.2, 0.25) is 0 Å². The summed E-state index contributed by atoms with van der Waals surface area (Å²) in [5.74, 6) is 0.0865. The predicted molar refractivity (Wildman–Crippen MR) is 114 cm³/mol. The minimum absolute atomic E-state index is 0.228. The first-order valence-corrected chi connectivity index (χ1v) is 11.8. The number of para-hydroxylation sites is 1. The van der Waals surface area contributed by atoms with Gasteiger partial charge in [0.2, 0.25) is 0 Å². The van der Waals surface area contributed by atoms with Crippen molar-refractivity contribution in [3.63, 3.8) is 0 Å². The molecule has 0 saturated carbocycles. The van der Waals surface area contributed by atoms with Gasteiger partial charge in [-0.2, -0.15) is 21.6 Å². The zero-order chi connectivity index (χ0) is 22.6. The topological polar surface area (TPSA) is 71.6 Å². The molecule has 1 aromatic heterocycles. The fourth-order valence-electron chi connectivity index (χ4n) is 3.49. The molecule has 3 rings (SSSR count). The second-order valence-electron chi connectivity index (χ2n) is 7.47. The molecule has 0 fully saturated rings. The number of halogens is 3. The van der Waals surface area contributed by atoms with Crippen molar-refractivity contribution in [3.05, 3.63) is 30.0 Å². The van der Waals surface area contributed by atoms with Crippen LogP contribution >= 0.6 is 0 Å². The van der Waals surface area contributed by atoms with Crippen LogP contribution < -0.4 is 8.92 Å². The van der Waals surface area contributed by atoms with Gasteiger partial charge in [0.1, 0.15) is 5.75 Å². The van der Waals surface area contributed by atoms with Crippen LogP contribution in [0.1, 0.15) is 45.2 Å². The maximum absolute atomic E-state index is 13.0. The molecule has 0 saturated heterocycles. The van der Waals surface area contributed by atoms with Gasteiger partial charge in [-0.05, 0) is 43.5 Å². The van der Waals surface area contributed by atoms with Gasteiger partial charge in [-0.3, -0.25) is 4.90 Å². The van der Waals surface area contributed by atoms with E-state index in [2.05, 4.69) is 21.0 Å². The zero-order valence-electron chi connectivity index (χ0n) is 17.6. The largest absolute Gasteiger partial charge is 0.534 e. The first-order valence-electron chi connectivity index (χ1n) is 10.4. The lowest BCUT2D eigenvalue weighted by Crippen LogP contribution is -2.30. The first-order chi connectivity index (χ1) is 14.7. The highest BCUT2D eigenvalue weighted by atomic mass is 32.2. The van der Waals surface area contributed by atoms with Crippen LogP contribution in [-0.4, -0.2) is 50.1 Å². The second-order valence-corrected chi connectivity index (χ2v) is 9.01. The maximum atomic E-state index is 13.0. The van der Waals surface area contributed by atoms with Crippen LogP contribution in [0.5, 0.6) is 11.5 Å². The van der Waals surface area contributed by atoms with Crippen LogP contribution in [0.4, 0.5) is 13.2 Å². The average molecular weight is 461 g/mol. The minimum Gasteiger partial charge on any atom is -0.491 e. The molecule has 0 spiro atoms. The molecule has 1 aromatic carbocycles. The quantitative estimate of drug-likeness (QED) is 0.418. The van der Waals surface area contributed by atoms with Gasteiger partial charge in [-0.25, -0.2) is 0 Å². The lowest BCUT2D eigenvalue weighted by atomic mass is 10.0. The number of nitrogens with zero attached hydrogens (tertiary/aromatic N) is 1. The summed E-state index contributed by atoms with van der Waals surface area (Å²) in [7, 11) is -5.82. The Morgan fingerprint density at radius 1 is 1.19 bits per heavy atom. The molecule has 2 heterocycles. The van der Waals surface area contributed by atoms with Crippen molar-refractivity contribution in [2.45, 2.75) is 45.0 Å². The van der Waals surface area contributed by atoms with Crippen molar-refractivity contribution in [2.24, 2.45) is 0 Å². The Balaban J connectivity index is 2.06. The summed E-state index contributed by atoms with van der Waals surface area (Å²) < 4.78 is 73.1. The van der Waals surface area contributed by atoms with E-state index in [-0.39, 0.29) is 16.8 Å². The smallest absolute Gasteiger partial charge is 0.491 e. The maximum Gasteiger partial charge on any atom is 0.534 e. The molecular weight excluding hydrogens is 433 g/mol. The monoisotopic (exact) mass is 460 g/mol. The van der Waals surface area contributed by atoms with Crippen molar-refractivity contribution >= 4 is 26.6 Å². The van der Waals surface area contributed by atoms with Crippen LogP contribution in [0.15, 0.2) is 24.3 Å². The van der Waals surface area contributed by atoms with Crippen LogP contribution in [0.25, 0.3) is 16.5 Å². The molecule has 10 heteroatoms. The van der Waals surface area contributed by atoms with Gasteiger partial charge in [0.25, 0.3) is 0 Å². The second kappa shape index (κ2) is 9.52. The normalized spacial score (nSPS) is 15.8. The number of fused-ring (bicyclic) bond motifs is 1. The number of nitrogens with one attached hydrogen (secondary N) is 1. The number of aromatic amines is 1. The SMILES string of the molecule is CCCCN1CC=C(c2[nH]c3c(OCCC)cccc3c2OS(=O)(=O)C(F)(F)F)CC1. The van der Waals surface area contributed by atoms with Crippen molar-refractivity contribution in [1.29, 1.82) is 0 Å². The summed E-state index contributed by atoms with van der Waals surface area (Å²) in [6.45, 7) is 6.76. The van der Waals surface area contributed by atoms with Gasteiger partial charge < -0.3 is 13.9 Å². The van der Waals surface area contributed by atoms with E-state index in [0.717, 1.165) is 37.9 Å². The first kappa shape index (κ1) is 23.5. The fourth-order valence-corrected chi connectivity index (χ4v) is 3.98. The van der Waals surface area contributed by atoms with E-state index in [1.807, 2.05) is 13.0 Å². The van der Waals surface area contributed by atoms with Crippen LogP contribution in [0, 0.1) is 0 Å². The molecule has 2 aromatic rings. The summed E-state index contributed by atoms with van der Waals surface area (Å²) >= 11 is 0. The number of ether oxygens (including phenoxy) is 1. The van der Waals surface area contributed by atoms with Gasteiger partial charge in [0, 0.05) is 18.5 Å². The van der Waals surface area contributed by atoms with E-state index in [1.165, 1.54) is 6.07 Å². The van der Waals surface area contributed by atoms with Gasteiger partial charge in [-0.15, -0.1) is 0 Å². The third-order valence-electron chi connectivity index (χ3n) is 5.13. The van der Waals surface area contributed by atoms with Gasteiger partial charge in [-0.1, -0.05) is 32.4 Å². The third-order valence-corrected chi connectivity index (χ3v) is 6.08. The molecule has 172 valence electrons. The van der Waals surface area contributed by atoms with E-state index in [9.17, 15) is 21.6 Å². The molecule has 31 heavy (non-hydrogen) atoms. The average Bonchev–Trinajstić information content (AvgIpc) is 3.08. The number of aromatic nitrogens is 1. The Morgan fingerprint density at radius 2 is 1.97 bits per heavy atom. The van der Waals surface area contributed by atoms with Crippen molar-refractivity contribution in [1.82, 2.24) is 9.88 Å². The Bertz CT molecular complexity index is 1040. The lowest BCUT2D eigenvalue weighted by Gasteiger charge is -2.26. The van der Waals surface area contributed by atoms with E-state index in [1.54, 1.807) is 12.1 Å². The Labute approximate surface area is 180 Å². The number of unbranched alkanes of at least 4 members (excludes halogenated alkanes) is 1. The number of hydrogen-bond donors (Lipinski definition) is 1. The molecule has 1 aliphatic rings. The van der Waals surface area contributed by atoms with Gasteiger partial charge in [0.05, 0.1) is 17.8 Å². The fraction of sp³-hybridized carbons (Fsp3) is 0.524.